The van der Waals surface area contributed by atoms with Crippen LogP contribution in [0.4, 0.5) is 10.1 Å². The third kappa shape index (κ3) is 5.50. The van der Waals surface area contributed by atoms with Crippen molar-refractivity contribution in [1.29, 1.82) is 0 Å². The molecule has 0 saturated heterocycles. The summed E-state index contributed by atoms with van der Waals surface area (Å²) in [4.78, 5) is 24.2. The molecule has 0 aliphatic heterocycles. The maximum atomic E-state index is 13.3. The molecule has 0 aliphatic carbocycles. The Morgan fingerprint density at radius 3 is 2.60 bits per heavy atom. The molecule has 3 aromatic rings. The van der Waals surface area contributed by atoms with Gasteiger partial charge in [0.05, 0.1) is 10.6 Å². The van der Waals surface area contributed by atoms with E-state index in [1.165, 1.54) is 36.4 Å². The highest BCUT2D eigenvalue weighted by molar-refractivity contribution is 5.94. The van der Waals surface area contributed by atoms with E-state index in [1.807, 2.05) is 12.1 Å². The largest absolute Gasteiger partial charge is 0.342 e. The number of aromatic nitrogens is 2. The molecule has 0 aliphatic rings. The zero-order valence-corrected chi connectivity index (χ0v) is 16.7. The van der Waals surface area contributed by atoms with Gasteiger partial charge in [-0.15, -0.1) is 0 Å². The molecular weight excluding hydrogens is 387 g/mol. The summed E-state index contributed by atoms with van der Waals surface area (Å²) in [6, 6.07) is 13.9. The van der Waals surface area contributed by atoms with Crippen LogP contribution >= 0.6 is 0 Å². The van der Waals surface area contributed by atoms with Gasteiger partial charge in [0.15, 0.2) is 0 Å². The van der Waals surface area contributed by atoms with E-state index < -0.39 is 4.92 Å². The third-order valence-electron chi connectivity index (χ3n) is 4.86. The third-order valence-corrected chi connectivity index (χ3v) is 4.86. The van der Waals surface area contributed by atoms with Crippen LogP contribution < -0.4 is 0 Å². The number of hydrogen-bond acceptors (Lipinski definition) is 4. The molecule has 3 rings (SSSR count). The van der Waals surface area contributed by atoms with Crippen LogP contribution in [0.3, 0.4) is 0 Å². The Hall–Kier alpha value is -3.55. The molecular formula is C22H23FN4O3. The van der Waals surface area contributed by atoms with Gasteiger partial charge in [0.1, 0.15) is 5.82 Å². The lowest BCUT2D eigenvalue weighted by Gasteiger charge is -2.17. The summed E-state index contributed by atoms with van der Waals surface area (Å²) < 4.78 is 13.3. The Labute approximate surface area is 173 Å². The number of H-pyrrole nitrogens is 1. The van der Waals surface area contributed by atoms with Crippen molar-refractivity contribution in [1.82, 2.24) is 15.1 Å². The van der Waals surface area contributed by atoms with E-state index in [1.54, 1.807) is 18.0 Å². The molecule has 1 heterocycles. The number of nitrogens with one attached hydrogen (secondary N) is 1. The summed E-state index contributed by atoms with van der Waals surface area (Å²) in [5.74, 6) is -0.442. The number of carbonyl (C=O) groups is 1. The van der Waals surface area contributed by atoms with Crippen LogP contribution in [0.15, 0.2) is 54.6 Å². The Kier molecular flexibility index (Phi) is 6.90. The van der Waals surface area contributed by atoms with E-state index in [4.69, 9.17) is 0 Å². The predicted octanol–water partition coefficient (Wildman–Crippen LogP) is 4.61. The molecule has 0 radical (unpaired) electrons. The number of nitro benzene ring substituents is 1. The van der Waals surface area contributed by atoms with Gasteiger partial charge >= 0.3 is 0 Å². The second kappa shape index (κ2) is 9.78. The topological polar surface area (TPSA) is 92.1 Å². The zero-order chi connectivity index (χ0) is 21.5. The van der Waals surface area contributed by atoms with Crippen LogP contribution in [-0.4, -0.2) is 39.5 Å². The average Bonchev–Trinajstić information content (AvgIpc) is 3.22. The van der Waals surface area contributed by atoms with Gasteiger partial charge in [-0.05, 0) is 49.6 Å². The Morgan fingerprint density at radius 2 is 1.90 bits per heavy atom. The number of benzene rings is 2. The number of amides is 1. The quantitative estimate of drug-likeness (QED) is 0.317. The molecule has 0 saturated carbocycles. The molecule has 1 N–H and O–H groups in total. The number of nitro groups is 1. The molecule has 30 heavy (non-hydrogen) atoms. The number of hydrogen-bond donors (Lipinski definition) is 1. The number of non-ortho nitro benzene ring substituents is 1. The van der Waals surface area contributed by atoms with E-state index in [-0.39, 0.29) is 17.4 Å². The van der Waals surface area contributed by atoms with E-state index in [9.17, 15) is 19.3 Å². The van der Waals surface area contributed by atoms with Crippen LogP contribution in [0.5, 0.6) is 0 Å². The molecule has 0 bridgehead atoms. The number of rotatable bonds is 9. The highest BCUT2D eigenvalue weighted by Crippen LogP contribution is 2.19. The summed E-state index contributed by atoms with van der Waals surface area (Å²) in [5, 5.41) is 17.9. The summed E-state index contributed by atoms with van der Waals surface area (Å²) in [7, 11) is 1.73. The van der Waals surface area contributed by atoms with Gasteiger partial charge in [0, 0.05) is 42.5 Å². The molecule has 8 heteroatoms. The lowest BCUT2D eigenvalue weighted by molar-refractivity contribution is -0.384. The van der Waals surface area contributed by atoms with Gasteiger partial charge in [-0.2, -0.15) is 5.10 Å². The first-order valence-electron chi connectivity index (χ1n) is 9.74. The standard InChI is InChI=1S/C22H23FN4O3/c1-26(22(28)16-9-11-20(12-10-16)27(29)30)13-4-2-3-8-19-15-21(25-24-19)17-6-5-7-18(23)14-17/h5-7,9-12,14-15H,2-4,8,13H2,1H3,(H,24,25). The van der Waals surface area contributed by atoms with Gasteiger partial charge in [0.2, 0.25) is 0 Å². The molecule has 0 spiro atoms. The minimum Gasteiger partial charge on any atom is -0.342 e. The molecule has 2 aromatic carbocycles. The first-order valence-corrected chi connectivity index (χ1v) is 9.74. The van der Waals surface area contributed by atoms with Gasteiger partial charge in [0.25, 0.3) is 11.6 Å². The first-order chi connectivity index (χ1) is 14.4. The summed E-state index contributed by atoms with van der Waals surface area (Å²) in [6.45, 7) is 0.605. The minimum atomic E-state index is -0.487. The molecule has 0 atom stereocenters. The van der Waals surface area contributed by atoms with Crippen LogP contribution in [0.1, 0.15) is 35.3 Å². The monoisotopic (exact) mass is 410 g/mol. The van der Waals surface area contributed by atoms with Crippen molar-refractivity contribution in [2.75, 3.05) is 13.6 Å². The number of halogens is 1. The van der Waals surface area contributed by atoms with E-state index in [2.05, 4.69) is 10.2 Å². The second-order valence-electron chi connectivity index (χ2n) is 7.13. The van der Waals surface area contributed by atoms with Crippen molar-refractivity contribution >= 4 is 11.6 Å². The lowest BCUT2D eigenvalue weighted by atomic mass is 10.1. The first kappa shape index (κ1) is 21.2. The van der Waals surface area contributed by atoms with Gasteiger partial charge in [-0.25, -0.2) is 4.39 Å². The van der Waals surface area contributed by atoms with E-state index >= 15 is 0 Å². The second-order valence-corrected chi connectivity index (χ2v) is 7.13. The molecule has 0 fully saturated rings. The van der Waals surface area contributed by atoms with Crippen molar-refractivity contribution in [3.05, 3.63) is 81.8 Å². The van der Waals surface area contributed by atoms with Crippen LogP contribution in [0.25, 0.3) is 11.3 Å². The maximum Gasteiger partial charge on any atom is 0.269 e. The molecule has 156 valence electrons. The Balaban J connectivity index is 1.40. The molecule has 1 amide bonds. The molecule has 0 unspecified atom stereocenters. The fraction of sp³-hybridized carbons (Fsp3) is 0.273. The highest BCUT2D eigenvalue weighted by Gasteiger charge is 2.13. The van der Waals surface area contributed by atoms with E-state index in [0.717, 1.165) is 42.6 Å². The SMILES string of the molecule is CN(CCCCCc1cc(-c2cccc(F)c2)n[nH]1)C(=O)c1ccc([N+](=O)[O-])cc1. The van der Waals surface area contributed by atoms with E-state index in [0.29, 0.717) is 12.1 Å². The summed E-state index contributed by atoms with van der Waals surface area (Å²) in [6.07, 6.45) is 3.54. The zero-order valence-electron chi connectivity index (χ0n) is 16.7. The highest BCUT2D eigenvalue weighted by atomic mass is 19.1. The van der Waals surface area contributed by atoms with Gasteiger partial charge in [-0.3, -0.25) is 20.0 Å². The Morgan fingerprint density at radius 1 is 1.13 bits per heavy atom. The number of carbonyl (C=O) groups excluding carboxylic acids is 1. The Bertz CT molecular complexity index is 1020. The predicted molar refractivity (Wildman–Crippen MR) is 112 cm³/mol. The summed E-state index contributed by atoms with van der Waals surface area (Å²) in [5.41, 5.74) is 2.85. The fourth-order valence-electron chi connectivity index (χ4n) is 3.17. The molecule has 7 nitrogen and oxygen atoms in total. The van der Waals surface area contributed by atoms with Gasteiger partial charge < -0.3 is 4.90 Å². The number of aromatic amines is 1. The summed E-state index contributed by atoms with van der Waals surface area (Å²) >= 11 is 0. The molecule has 1 aromatic heterocycles. The van der Waals surface area contributed by atoms with Crippen molar-refractivity contribution in [3.63, 3.8) is 0 Å². The normalized spacial score (nSPS) is 10.7. The minimum absolute atomic E-state index is 0.0337. The average molecular weight is 410 g/mol. The van der Waals surface area contributed by atoms with Crippen LogP contribution in [0.2, 0.25) is 0 Å². The van der Waals surface area contributed by atoms with Crippen molar-refractivity contribution in [2.24, 2.45) is 0 Å². The number of unbranched alkanes of at least 4 members (excludes halogenated alkanes) is 2. The maximum absolute atomic E-state index is 13.3. The van der Waals surface area contributed by atoms with Crippen LogP contribution in [0, 0.1) is 15.9 Å². The lowest BCUT2D eigenvalue weighted by Crippen LogP contribution is -2.27. The fourth-order valence-corrected chi connectivity index (χ4v) is 3.17. The number of nitrogens with zero attached hydrogens (tertiary/aromatic N) is 3. The van der Waals surface area contributed by atoms with Crippen molar-refractivity contribution in [2.45, 2.75) is 25.7 Å². The van der Waals surface area contributed by atoms with Crippen molar-refractivity contribution < 1.29 is 14.1 Å². The van der Waals surface area contributed by atoms with Crippen molar-refractivity contribution in [3.8, 4) is 11.3 Å². The number of aryl methyl sites for hydroxylation is 1. The van der Waals surface area contributed by atoms with Gasteiger partial charge in [-0.1, -0.05) is 18.6 Å². The smallest absolute Gasteiger partial charge is 0.269 e. The van der Waals surface area contributed by atoms with Crippen LogP contribution in [-0.2, 0) is 6.42 Å².